The van der Waals surface area contributed by atoms with E-state index in [9.17, 15) is 4.79 Å². The Morgan fingerprint density at radius 3 is 2.69 bits per heavy atom. The summed E-state index contributed by atoms with van der Waals surface area (Å²) < 4.78 is 12.7. The van der Waals surface area contributed by atoms with Gasteiger partial charge in [-0.25, -0.2) is 0 Å². The lowest BCUT2D eigenvalue weighted by Crippen LogP contribution is -2.31. The second-order valence-electron chi connectivity index (χ2n) is 7.16. The molecule has 1 aliphatic rings. The SMILES string of the molecule is COc1ccc(C(=O)NC2CCCc3c2cnn3Cc2ccccc2OC)cc1. The molecule has 0 radical (unpaired) electrons. The fraction of sp³-hybridized carbons (Fsp3) is 0.304. The summed E-state index contributed by atoms with van der Waals surface area (Å²) in [6.07, 6.45) is 4.77. The Balaban J connectivity index is 1.52. The van der Waals surface area contributed by atoms with Crippen LogP contribution in [-0.4, -0.2) is 29.9 Å². The predicted octanol–water partition coefficient (Wildman–Crippen LogP) is 3.76. The number of rotatable bonds is 6. The summed E-state index contributed by atoms with van der Waals surface area (Å²) in [5.74, 6) is 1.51. The number of benzene rings is 2. The molecule has 1 aliphatic carbocycles. The summed E-state index contributed by atoms with van der Waals surface area (Å²) >= 11 is 0. The zero-order valence-electron chi connectivity index (χ0n) is 16.7. The molecule has 1 heterocycles. The van der Waals surface area contributed by atoms with E-state index in [-0.39, 0.29) is 11.9 Å². The normalized spacial score (nSPS) is 15.4. The van der Waals surface area contributed by atoms with Gasteiger partial charge in [0.05, 0.1) is 33.0 Å². The van der Waals surface area contributed by atoms with Crippen molar-refractivity contribution in [2.24, 2.45) is 0 Å². The maximum Gasteiger partial charge on any atom is 0.251 e. The van der Waals surface area contributed by atoms with Crippen molar-refractivity contribution in [3.05, 3.63) is 77.1 Å². The number of para-hydroxylation sites is 1. The zero-order chi connectivity index (χ0) is 20.2. The van der Waals surface area contributed by atoms with Gasteiger partial charge in [-0.15, -0.1) is 0 Å². The van der Waals surface area contributed by atoms with E-state index in [0.29, 0.717) is 12.1 Å². The van der Waals surface area contributed by atoms with Crippen LogP contribution in [0.15, 0.2) is 54.7 Å². The molecular formula is C23H25N3O3. The molecule has 0 saturated carbocycles. The number of aromatic nitrogens is 2. The van der Waals surface area contributed by atoms with Crippen molar-refractivity contribution >= 4 is 5.91 Å². The first-order chi connectivity index (χ1) is 14.2. The molecule has 0 bridgehead atoms. The molecule has 1 N–H and O–H groups in total. The van der Waals surface area contributed by atoms with Gasteiger partial charge in [0.2, 0.25) is 0 Å². The summed E-state index contributed by atoms with van der Waals surface area (Å²) in [4.78, 5) is 12.7. The van der Waals surface area contributed by atoms with Crippen LogP contribution in [0.5, 0.6) is 11.5 Å². The van der Waals surface area contributed by atoms with Crippen molar-refractivity contribution < 1.29 is 14.3 Å². The molecule has 1 amide bonds. The maximum absolute atomic E-state index is 12.7. The second-order valence-corrected chi connectivity index (χ2v) is 7.16. The number of hydrogen-bond donors (Lipinski definition) is 1. The van der Waals surface area contributed by atoms with E-state index in [4.69, 9.17) is 9.47 Å². The monoisotopic (exact) mass is 391 g/mol. The van der Waals surface area contributed by atoms with Crippen LogP contribution in [0.3, 0.4) is 0 Å². The predicted molar refractivity (Wildman–Crippen MR) is 110 cm³/mol. The van der Waals surface area contributed by atoms with Gasteiger partial charge in [-0.05, 0) is 49.6 Å². The number of nitrogens with zero attached hydrogens (tertiary/aromatic N) is 2. The molecule has 0 saturated heterocycles. The molecule has 1 atom stereocenters. The van der Waals surface area contributed by atoms with E-state index in [1.54, 1.807) is 38.5 Å². The Morgan fingerprint density at radius 2 is 1.93 bits per heavy atom. The van der Waals surface area contributed by atoms with E-state index in [2.05, 4.69) is 16.5 Å². The lowest BCUT2D eigenvalue weighted by atomic mass is 9.92. The van der Waals surface area contributed by atoms with Crippen molar-refractivity contribution in [2.75, 3.05) is 14.2 Å². The maximum atomic E-state index is 12.7. The molecule has 6 heteroatoms. The van der Waals surface area contributed by atoms with Gasteiger partial charge in [0.1, 0.15) is 11.5 Å². The van der Waals surface area contributed by atoms with Crippen LogP contribution < -0.4 is 14.8 Å². The first kappa shape index (κ1) is 19.1. The summed E-state index contributed by atoms with van der Waals surface area (Å²) in [5, 5.41) is 7.79. The van der Waals surface area contributed by atoms with Gasteiger partial charge >= 0.3 is 0 Å². The Labute approximate surface area is 170 Å². The van der Waals surface area contributed by atoms with Crippen LogP contribution >= 0.6 is 0 Å². The van der Waals surface area contributed by atoms with E-state index in [1.807, 2.05) is 29.1 Å². The average Bonchev–Trinajstić information content (AvgIpc) is 3.18. The van der Waals surface area contributed by atoms with Crippen LogP contribution in [0, 0.1) is 0 Å². The minimum atomic E-state index is -0.0806. The summed E-state index contributed by atoms with van der Waals surface area (Å²) in [6, 6.07) is 15.1. The number of carbonyl (C=O) groups is 1. The third-order valence-corrected chi connectivity index (χ3v) is 5.43. The Hall–Kier alpha value is -3.28. The van der Waals surface area contributed by atoms with Crippen LogP contribution in [-0.2, 0) is 13.0 Å². The Bertz CT molecular complexity index is 995. The smallest absolute Gasteiger partial charge is 0.251 e. The van der Waals surface area contributed by atoms with Crippen molar-refractivity contribution in [3.8, 4) is 11.5 Å². The number of fused-ring (bicyclic) bond motifs is 1. The van der Waals surface area contributed by atoms with E-state index < -0.39 is 0 Å². The van der Waals surface area contributed by atoms with Gasteiger partial charge in [0.15, 0.2) is 0 Å². The highest BCUT2D eigenvalue weighted by Crippen LogP contribution is 2.31. The first-order valence-electron chi connectivity index (χ1n) is 9.81. The van der Waals surface area contributed by atoms with Gasteiger partial charge in [0.25, 0.3) is 5.91 Å². The fourth-order valence-corrected chi connectivity index (χ4v) is 3.88. The number of carbonyl (C=O) groups excluding carboxylic acids is 1. The first-order valence-corrected chi connectivity index (χ1v) is 9.81. The molecule has 1 aromatic heterocycles. The number of nitrogens with one attached hydrogen (secondary N) is 1. The third-order valence-electron chi connectivity index (χ3n) is 5.43. The largest absolute Gasteiger partial charge is 0.497 e. The molecule has 1 unspecified atom stereocenters. The van der Waals surface area contributed by atoms with Crippen LogP contribution in [0.4, 0.5) is 0 Å². The fourth-order valence-electron chi connectivity index (χ4n) is 3.88. The zero-order valence-corrected chi connectivity index (χ0v) is 16.7. The van der Waals surface area contributed by atoms with Gasteiger partial charge in [-0.3, -0.25) is 9.48 Å². The Morgan fingerprint density at radius 1 is 1.14 bits per heavy atom. The summed E-state index contributed by atoms with van der Waals surface area (Å²) in [6.45, 7) is 0.651. The van der Waals surface area contributed by atoms with Crippen LogP contribution in [0.25, 0.3) is 0 Å². The van der Waals surface area contributed by atoms with Gasteiger partial charge in [0, 0.05) is 22.4 Å². The van der Waals surface area contributed by atoms with Crippen LogP contribution in [0.2, 0.25) is 0 Å². The molecule has 6 nitrogen and oxygen atoms in total. The molecule has 0 spiro atoms. The number of hydrogen-bond acceptors (Lipinski definition) is 4. The highest BCUT2D eigenvalue weighted by Gasteiger charge is 2.26. The minimum absolute atomic E-state index is 0.0280. The molecule has 3 aromatic rings. The number of ether oxygens (including phenoxy) is 2. The molecule has 0 aliphatic heterocycles. The topological polar surface area (TPSA) is 65.4 Å². The van der Waals surface area contributed by atoms with E-state index in [1.165, 1.54) is 5.69 Å². The molecule has 150 valence electrons. The van der Waals surface area contributed by atoms with Crippen molar-refractivity contribution in [1.29, 1.82) is 0 Å². The lowest BCUT2D eigenvalue weighted by molar-refractivity contribution is 0.0932. The van der Waals surface area contributed by atoms with Crippen molar-refractivity contribution in [3.63, 3.8) is 0 Å². The van der Waals surface area contributed by atoms with Crippen molar-refractivity contribution in [1.82, 2.24) is 15.1 Å². The molecular weight excluding hydrogens is 366 g/mol. The standard InChI is InChI=1S/C23H25N3O3/c1-28-18-12-10-16(11-13-18)23(27)25-20-7-5-8-21-19(20)14-24-26(21)15-17-6-3-4-9-22(17)29-2/h3-4,6,9-14,20H,5,7-8,15H2,1-2H3,(H,25,27). The summed E-state index contributed by atoms with van der Waals surface area (Å²) in [5.41, 5.74) is 4.00. The second kappa shape index (κ2) is 8.39. The number of amides is 1. The van der Waals surface area contributed by atoms with Gasteiger partial charge in [-0.1, -0.05) is 18.2 Å². The highest BCUT2D eigenvalue weighted by atomic mass is 16.5. The molecule has 4 rings (SSSR count). The summed E-state index contributed by atoms with van der Waals surface area (Å²) in [7, 11) is 3.30. The van der Waals surface area contributed by atoms with Crippen molar-refractivity contribution in [2.45, 2.75) is 31.8 Å². The van der Waals surface area contributed by atoms with E-state index in [0.717, 1.165) is 41.9 Å². The van der Waals surface area contributed by atoms with Gasteiger partial charge in [-0.2, -0.15) is 5.10 Å². The molecule has 2 aromatic carbocycles. The van der Waals surface area contributed by atoms with Crippen LogP contribution in [0.1, 0.15) is 46.1 Å². The Kier molecular flexibility index (Phi) is 5.51. The molecule has 0 fully saturated rings. The number of methoxy groups -OCH3 is 2. The molecule has 29 heavy (non-hydrogen) atoms. The van der Waals surface area contributed by atoms with Gasteiger partial charge < -0.3 is 14.8 Å². The minimum Gasteiger partial charge on any atom is -0.497 e. The highest BCUT2D eigenvalue weighted by molar-refractivity contribution is 5.94. The quantitative estimate of drug-likeness (QED) is 0.695. The van der Waals surface area contributed by atoms with E-state index >= 15 is 0 Å². The third kappa shape index (κ3) is 3.97. The lowest BCUT2D eigenvalue weighted by Gasteiger charge is -2.24. The average molecular weight is 391 g/mol.